The smallest absolute Gasteiger partial charge is 0.0479 e. The second kappa shape index (κ2) is 3.98. The molecule has 0 aromatic carbocycles. The van der Waals surface area contributed by atoms with E-state index in [4.69, 9.17) is 5.21 Å². The average molecular weight is 137 g/mol. The van der Waals surface area contributed by atoms with Crippen LogP contribution in [0.15, 0.2) is 24.4 Å². The summed E-state index contributed by atoms with van der Waals surface area (Å²) in [5, 5.41) is 8.12. The van der Waals surface area contributed by atoms with Crippen molar-refractivity contribution < 1.29 is 5.21 Å². The van der Waals surface area contributed by atoms with Gasteiger partial charge in [0, 0.05) is 24.9 Å². The molecule has 0 atom stereocenters. The van der Waals surface area contributed by atoms with Crippen molar-refractivity contribution >= 4 is 0 Å². The van der Waals surface area contributed by atoms with Gasteiger partial charge in [0.2, 0.25) is 0 Å². The van der Waals surface area contributed by atoms with Crippen LogP contribution < -0.4 is 5.48 Å². The Bertz CT molecular complexity index is 176. The Morgan fingerprint density at radius 3 is 3.00 bits per heavy atom. The molecule has 1 heterocycles. The van der Waals surface area contributed by atoms with Crippen LogP contribution in [0.1, 0.15) is 5.69 Å². The van der Waals surface area contributed by atoms with E-state index in [0.29, 0.717) is 13.0 Å². The Hall–Kier alpha value is -0.930. The first-order valence-electron chi connectivity index (χ1n) is 3.14. The van der Waals surface area contributed by atoms with E-state index >= 15 is 0 Å². The van der Waals surface area contributed by atoms with Crippen LogP contribution in [-0.4, -0.2) is 16.7 Å². The molecule has 3 nitrogen and oxygen atoms in total. The standard InChI is InChI=1S/C7H9N2O/c10-9-6-4-7-3-1-2-5-8-7/h1-3,5,10H,4,6H2. The molecule has 1 radical (unpaired) electrons. The Kier molecular flexibility index (Phi) is 2.86. The zero-order chi connectivity index (χ0) is 7.23. The van der Waals surface area contributed by atoms with Gasteiger partial charge in [-0.25, -0.2) is 0 Å². The SMILES string of the molecule is O[N]CCc1ccccn1. The molecule has 10 heavy (non-hydrogen) atoms. The number of pyridine rings is 1. The van der Waals surface area contributed by atoms with Crippen LogP contribution in [0.25, 0.3) is 0 Å². The van der Waals surface area contributed by atoms with Gasteiger partial charge in [-0.2, -0.15) is 0 Å². The minimum Gasteiger partial charge on any atom is -0.297 e. The van der Waals surface area contributed by atoms with Crippen LogP contribution in [0.3, 0.4) is 0 Å². The molecule has 1 N–H and O–H groups in total. The van der Waals surface area contributed by atoms with Gasteiger partial charge >= 0.3 is 0 Å². The summed E-state index contributed by atoms with van der Waals surface area (Å²) in [5.41, 5.74) is 3.95. The van der Waals surface area contributed by atoms with Gasteiger partial charge in [0.15, 0.2) is 0 Å². The maximum absolute atomic E-state index is 8.12. The van der Waals surface area contributed by atoms with E-state index in [1.54, 1.807) is 6.20 Å². The number of hydrogen-bond donors (Lipinski definition) is 1. The van der Waals surface area contributed by atoms with Crippen molar-refractivity contribution in [1.29, 1.82) is 0 Å². The van der Waals surface area contributed by atoms with Crippen LogP contribution >= 0.6 is 0 Å². The quantitative estimate of drug-likeness (QED) is 0.621. The Morgan fingerprint density at radius 2 is 2.40 bits per heavy atom. The molecule has 0 bridgehead atoms. The van der Waals surface area contributed by atoms with Crippen molar-refractivity contribution in [3.05, 3.63) is 30.1 Å². The molecular formula is C7H9N2O. The molecule has 0 unspecified atom stereocenters. The molecule has 1 rings (SSSR count). The van der Waals surface area contributed by atoms with E-state index < -0.39 is 0 Å². The zero-order valence-corrected chi connectivity index (χ0v) is 5.57. The molecule has 0 fully saturated rings. The maximum atomic E-state index is 8.12. The second-order valence-electron chi connectivity index (χ2n) is 1.94. The van der Waals surface area contributed by atoms with Gasteiger partial charge in [-0.3, -0.25) is 10.2 Å². The second-order valence-corrected chi connectivity index (χ2v) is 1.94. The number of nitrogens with zero attached hydrogens (tertiary/aromatic N) is 2. The number of aromatic nitrogens is 1. The third-order valence-electron chi connectivity index (χ3n) is 1.19. The van der Waals surface area contributed by atoms with E-state index in [2.05, 4.69) is 10.5 Å². The number of rotatable bonds is 3. The summed E-state index contributed by atoms with van der Waals surface area (Å²) in [4.78, 5) is 4.05. The zero-order valence-electron chi connectivity index (χ0n) is 5.57. The predicted molar refractivity (Wildman–Crippen MR) is 36.7 cm³/mol. The van der Waals surface area contributed by atoms with Gasteiger partial charge in [0.05, 0.1) is 0 Å². The summed E-state index contributed by atoms with van der Waals surface area (Å²) in [6.45, 7) is 0.428. The minimum atomic E-state index is 0.428. The third kappa shape index (κ3) is 2.13. The van der Waals surface area contributed by atoms with Crippen LogP contribution in [0.5, 0.6) is 0 Å². The predicted octanol–water partition coefficient (Wildman–Crippen LogP) is 0.618. The Balaban J connectivity index is 2.43. The first-order chi connectivity index (χ1) is 4.93. The molecule has 0 saturated carbocycles. The molecule has 3 heteroatoms. The van der Waals surface area contributed by atoms with Crippen molar-refractivity contribution in [3.8, 4) is 0 Å². The van der Waals surface area contributed by atoms with Crippen molar-refractivity contribution in [3.63, 3.8) is 0 Å². The van der Waals surface area contributed by atoms with E-state index in [-0.39, 0.29) is 0 Å². The fourth-order valence-corrected chi connectivity index (χ4v) is 0.711. The van der Waals surface area contributed by atoms with Gasteiger partial charge in [-0.05, 0) is 12.1 Å². The molecule has 0 aliphatic rings. The van der Waals surface area contributed by atoms with Gasteiger partial charge in [0.1, 0.15) is 0 Å². The van der Waals surface area contributed by atoms with Crippen LogP contribution in [-0.2, 0) is 6.42 Å². The Labute approximate surface area is 59.7 Å². The first kappa shape index (κ1) is 7.18. The summed E-state index contributed by atoms with van der Waals surface area (Å²) in [6, 6.07) is 5.68. The van der Waals surface area contributed by atoms with E-state index in [0.717, 1.165) is 5.69 Å². The molecule has 0 amide bonds. The van der Waals surface area contributed by atoms with Crippen LogP contribution in [0.2, 0.25) is 0 Å². The lowest BCUT2D eigenvalue weighted by atomic mass is 10.3. The monoisotopic (exact) mass is 137 g/mol. The first-order valence-corrected chi connectivity index (χ1v) is 3.14. The van der Waals surface area contributed by atoms with Crippen LogP contribution in [0, 0.1) is 0 Å². The molecule has 1 aromatic rings. The highest BCUT2D eigenvalue weighted by molar-refractivity contribution is 5.03. The minimum absolute atomic E-state index is 0.428. The molecule has 0 spiro atoms. The van der Waals surface area contributed by atoms with Gasteiger partial charge in [0.25, 0.3) is 0 Å². The van der Waals surface area contributed by atoms with E-state index in [1.807, 2.05) is 18.2 Å². The van der Waals surface area contributed by atoms with Crippen LogP contribution in [0.4, 0.5) is 0 Å². The fourth-order valence-electron chi connectivity index (χ4n) is 0.711. The lowest BCUT2D eigenvalue weighted by Crippen LogP contribution is -2.04. The maximum Gasteiger partial charge on any atom is 0.0479 e. The van der Waals surface area contributed by atoms with Gasteiger partial charge in [-0.1, -0.05) is 6.07 Å². The molecule has 1 aromatic heterocycles. The van der Waals surface area contributed by atoms with Crippen molar-refractivity contribution in [2.45, 2.75) is 6.42 Å². The summed E-state index contributed by atoms with van der Waals surface area (Å²) < 4.78 is 0. The highest BCUT2D eigenvalue weighted by atomic mass is 16.5. The normalized spacial score (nSPS) is 9.70. The lowest BCUT2D eigenvalue weighted by Gasteiger charge is -1.94. The van der Waals surface area contributed by atoms with E-state index in [1.165, 1.54) is 0 Å². The largest absolute Gasteiger partial charge is 0.297 e. The van der Waals surface area contributed by atoms with Crippen molar-refractivity contribution in [2.24, 2.45) is 0 Å². The fraction of sp³-hybridized carbons (Fsp3) is 0.286. The highest BCUT2D eigenvalue weighted by Gasteiger charge is 1.90. The van der Waals surface area contributed by atoms with E-state index in [9.17, 15) is 0 Å². The molecule has 0 aliphatic heterocycles. The topological polar surface area (TPSA) is 47.2 Å². The van der Waals surface area contributed by atoms with Crippen molar-refractivity contribution in [2.75, 3.05) is 6.54 Å². The van der Waals surface area contributed by atoms with Gasteiger partial charge in [-0.15, -0.1) is 5.48 Å². The summed E-state index contributed by atoms with van der Waals surface area (Å²) in [5.74, 6) is 0. The summed E-state index contributed by atoms with van der Waals surface area (Å²) in [6.07, 6.45) is 2.43. The molecular weight excluding hydrogens is 128 g/mol. The molecule has 0 saturated heterocycles. The number of hydrogen-bond acceptors (Lipinski definition) is 2. The van der Waals surface area contributed by atoms with Crippen molar-refractivity contribution in [1.82, 2.24) is 10.5 Å². The average Bonchev–Trinajstić information content (AvgIpc) is 2.03. The molecule has 0 aliphatic carbocycles. The Morgan fingerprint density at radius 1 is 1.50 bits per heavy atom. The third-order valence-corrected chi connectivity index (χ3v) is 1.19. The highest BCUT2D eigenvalue weighted by Crippen LogP contribution is 1.92. The van der Waals surface area contributed by atoms with Gasteiger partial charge < -0.3 is 0 Å². The summed E-state index contributed by atoms with van der Waals surface area (Å²) >= 11 is 0. The molecule has 53 valence electrons. The lowest BCUT2D eigenvalue weighted by molar-refractivity contribution is 0.157. The number of hydroxylamine groups is 1. The summed E-state index contributed by atoms with van der Waals surface area (Å²) in [7, 11) is 0.